The van der Waals surface area contributed by atoms with E-state index < -0.39 is 5.97 Å². The largest absolute Gasteiger partial charge is 0.481 e. The van der Waals surface area contributed by atoms with Crippen LogP contribution in [0.1, 0.15) is 30.4 Å². The Hall–Kier alpha value is -1.49. The molecule has 1 aromatic carbocycles. The summed E-state index contributed by atoms with van der Waals surface area (Å²) in [5.74, 6) is 0.415. The molecule has 1 amide bonds. The summed E-state index contributed by atoms with van der Waals surface area (Å²) in [7, 11) is 0. The number of nitrogens with zero attached hydrogens (tertiary/aromatic N) is 1. The minimum atomic E-state index is -0.744. The summed E-state index contributed by atoms with van der Waals surface area (Å²) >= 11 is 1.69. The SMILES string of the molecule is Cc1ccc(SCCC(=O)N2C[C@H](C(=O)O)[C@@H](C3CC3)C2)cc1C. The summed E-state index contributed by atoms with van der Waals surface area (Å²) in [6.45, 7) is 5.22. The summed E-state index contributed by atoms with van der Waals surface area (Å²) in [6, 6.07) is 6.36. The third kappa shape index (κ3) is 3.94. The van der Waals surface area contributed by atoms with Crippen LogP contribution in [0, 0.1) is 31.6 Å². The van der Waals surface area contributed by atoms with E-state index in [1.807, 2.05) is 0 Å². The highest BCUT2D eigenvalue weighted by atomic mass is 32.2. The third-order valence-corrected chi connectivity index (χ3v) is 6.32. The van der Waals surface area contributed by atoms with Crippen LogP contribution in [0.4, 0.5) is 0 Å². The van der Waals surface area contributed by atoms with Gasteiger partial charge in [-0.1, -0.05) is 6.07 Å². The Balaban J connectivity index is 1.50. The number of benzene rings is 1. The number of hydrogen-bond acceptors (Lipinski definition) is 3. The number of aliphatic carboxylic acids is 1. The van der Waals surface area contributed by atoms with Gasteiger partial charge in [-0.15, -0.1) is 11.8 Å². The van der Waals surface area contributed by atoms with E-state index in [9.17, 15) is 14.7 Å². The van der Waals surface area contributed by atoms with Crippen molar-refractivity contribution in [3.05, 3.63) is 29.3 Å². The van der Waals surface area contributed by atoms with Gasteiger partial charge in [0, 0.05) is 30.2 Å². The molecule has 5 heteroatoms. The van der Waals surface area contributed by atoms with Crippen molar-refractivity contribution in [3.63, 3.8) is 0 Å². The molecule has 24 heavy (non-hydrogen) atoms. The second-order valence-corrected chi connectivity index (χ2v) is 8.26. The molecule has 1 heterocycles. The first kappa shape index (κ1) is 17.3. The Labute approximate surface area is 147 Å². The maximum absolute atomic E-state index is 12.4. The van der Waals surface area contributed by atoms with Crippen molar-refractivity contribution in [1.82, 2.24) is 4.90 Å². The maximum Gasteiger partial charge on any atom is 0.308 e. The molecule has 4 nitrogen and oxygen atoms in total. The van der Waals surface area contributed by atoms with Crippen LogP contribution in [0.15, 0.2) is 23.1 Å². The van der Waals surface area contributed by atoms with Gasteiger partial charge in [0.15, 0.2) is 0 Å². The number of rotatable bonds is 6. The van der Waals surface area contributed by atoms with Gasteiger partial charge in [-0.3, -0.25) is 9.59 Å². The number of carbonyl (C=O) groups excluding carboxylic acids is 1. The fourth-order valence-electron chi connectivity index (χ4n) is 3.51. The van der Waals surface area contributed by atoms with Crippen LogP contribution in [-0.2, 0) is 9.59 Å². The van der Waals surface area contributed by atoms with Crippen LogP contribution in [0.3, 0.4) is 0 Å². The monoisotopic (exact) mass is 347 g/mol. The lowest BCUT2D eigenvalue weighted by Crippen LogP contribution is -2.30. The molecular formula is C19H25NO3S. The minimum Gasteiger partial charge on any atom is -0.481 e. The van der Waals surface area contributed by atoms with E-state index in [0.29, 0.717) is 25.4 Å². The zero-order valence-electron chi connectivity index (χ0n) is 14.3. The van der Waals surface area contributed by atoms with Crippen molar-refractivity contribution in [2.45, 2.75) is 38.0 Å². The molecule has 1 aromatic rings. The normalized spacial score (nSPS) is 23.5. The Morgan fingerprint density at radius 1 is 1.21 bits per heavy atom. The molecule has 3 rings (SSSR count). The first-order chi connectivity index (χ1) is 11.5. The van der Waals surface area contributed by atoms with Gasteiger partial charge in [0.2, 0.25) is 5.91 Å². The van der Waals surface area contributed by atoms with Gasteiger partial charge in [0.05, 0.1) is 5.92 Å². The summed E-state index contributed by atoms with van der Waals surface area (Å²) in [5.41, 5.74) is 2.54. The molecule has 2 fully saturated rings. The number of carboxylic acids is 1. The quantitative estimate of drug-likeness (QED) is 0.802. The fourth-order valence-corrected chi connectivity index (χ4v) is 4.45. The van der Waals surface area contributed by atoms with Crippen molar-refractivity contribution in [2.24, 2.45) is 17.8 Å². The maximum atomic E-state index is 12.4. The van der Waals surface area contributed by atoms with Gasteiger partial charge in [-0.05, 0) is 61.8 Å². The second kappa shape index (κ2) is 7.18. The minimum absolute atomic E-state index is 0.0979. The smallest absolute Gasteiger partial charge is 0.308 e. The Morgan fingerprint density at radius 3 is 2.58 bits per heavy atom. The van der Waals surface area contributed by atoms with Gasteiger partial charge < -0.3 is 10.0 Å². The first-order valence-electron chi connectivity index (χ1n) is 8.66. The molecule has 0 unspecified atom stereocenters. The molecule has 130 valence electrons. The van der Waals surface area contributed by atoms with Gasteiger partial charge >= 0.3 is 5.97 Å². The van der Waals surface area contributed by atoms with Crippen LogP contribution in [0.25, 0.3) is 0 Å². The molecule has 0 radical (unpaired) electrons. The van der Waals surface area contributed by atoms with Crippen LogP contribution in [-0.4, -0.2) is 40.7 Å². The number of aryl methyl sites for hydroxylation is 2. The van der Waals surface area contributed by atoms with Crippen molar-refractivity contribution < 1.29 is 14.7 Å². The van der Waals surface area contributed by atoms with Crippen LogP contribution in [0.2, 0.25) is 0 Å². The molecule has 1 N–H and O–H groups in total. The topological polar surface area (TPSA) is 57.6 Å². The lowest BCUT2D eigenvalue weighted by molar-refractivity contribution is -0.142. The molecule has 1 saturated carbocycles. The third-order valence-electron chi connectivity index (χ3n) is 5.33. The van der Waals surface area contributed by atoms with Gasteiger partial charge in [-0.25, -0.2) is 0 Å². The zero-order chi connectivity index (χ0) is 17.3. The van der Waals surface area contributed by atoms with Gasteiger partial charge in [0.1, 0.15) is 0 Å². The van der Waals surface area contributed by atoms with Gasteiger partial charge in [-0.2, -0.15) is 0 Å². The molecule has 0 aromatic heterocycles. The number of carbonyl (C=O) groups is 2. The summed E-state index contributed by atoms with van der Waals surface area (Å²) in [6.07, 6.45) is 2.72. The molecular weight excluding hydrogens is 322 g/mol. The van der Waals surface area contributed by atoms with E-state index in [1.54, 1.807) is 16.7 Å². The molecule has 2 aliphatic rings. The first-order valence-corrected chi connectivity index (χ1v) is 9.65. The summed E-state index contributed by atoms with van der Waals surface area (Å²) < 4.78 is 0. The molecule has 0 bridgehead atoms. The fraction of sp³-hybridized carbons (Fsp3) is 0.579. The average Bonchev–Trinajstić information content (AvgIpc) is 3.28. The molecule has 0 spiro atoms. The highest BCUT2D eigenvalue weighted by Crippen LogP contribution is 2.44. The average molecular weight is 347 g/mol. The zero-order valence-corrected chi connectivity index (χ0v) is 15.1. The van der Waals surface area contributed by atoms with Crippen molar-refractivity contribution in [3.8, 4) is 0 Å². The Kier molecular flexibility index (Phi) is 5.18. The lowest BCUT2D eigenvalue weighted by atomic mass is 9.92. The summed E-state index contributed by atoms with van der Waals surface area (Å²) in [4.78, 5) is 26.8. The van der Waals surface area contributed by atoms with Crippen molar-refractivity contribution in [1.29, 1.82) is 0 Å². The van der Waals surface area contributed by atoms with E-state index in [4.69, 9.17) is 0 Å². The summed E-state index contributed by atoms with van der Waals surface area (Å²) in [5, 5.41) is 9.39. The number of thioether (sulfide) groups is 1. The highest BCUT2D eigenvalue weighted by molar-refractivity contribution is 7.99. The van der Waals surface area contributed by atoms with E-state index >= 15 is 0 Å². The van der Waals surface area contributed by atoms with E-state index in [2.05, 4.69) is 32.0 Å². The molecule has 1 aliphatic heterocycles. The standard InChI is InChI=1S/C19H25NO3S/c1-12-3-6-15(9-13(12)2)24-8-7-18(21)20-10-16(14-4-5-14)17(11-20)19(22)23/h3,6,9,14,16-17H,4-5,7-8,10-11H2,1-2H3,(H,22,23)/t16-,17+/m1/s1. The Bertz CT molecular complexity index is 641. The predicted molar refractivity (Wildman–Crippen MR) is 95.2 cm³/mol. The van der Waals surface area contributed by atoms with Crippen LogP contribution in [0.5, 0.6) is 0 Å². The van der Waals surface area contributed by atoms with Gasteiger partial charge in [0.25, 0.3) is 0 Å². The van der Waals surface area contributed by atoms with E-state index in [1.165, 1.54) is 16.0 Å². The van der Waals surface area contributed by atoms with Crippen molar-refractivity contribution >= 4 is 23.6 Å². The number of likely N-dealkylation sites (tertiary alicyclic amines) is 1. The number of amides is 1. The van der Waals surface area contributed by atoms with E-state index in [0.717, 1.165) is 18.6 Å². The number of hydrogen-bond donors (Lipinski definition) is 1. The van der Waals surface area contributed by atoms with E-state index in [-0.39, 0.29) is 17.7 Å². The lowest BCUT2D eigenvalue weighted by Gasteiger charge is -2.16. The molecule has 1 aliphatic carbocycles. The van der Waals surface area contributed by atoms with Crippen LogP contribution >= 0.6 is 11.8 Å². The molecule has 2 atom stereocenters. The van der Waals surface area contributed by atoms with Crippen molar-refractivity contribution in [2.75, 3.05) is 18.8 Å². The molecule has 1 saturated heterocycles. The Morgan fingerprint density at radius 2 is 1.96 bits per heavy atom. The second-order valence-electron chi connectivity index (χ2n) is 7.09. The van der Waals surface area contributed by atoms with Crippen LogP contribution < -0.4 is 0 Å². The predicted octanol–water partition coefficient (Wildman–Crippen LogP) is 3.35. The highest BCUT2D eigenvalue weighted by Gasteiger charge is 2.46. The number of carboxylic acid groups (broad SMARTS) is 1.